The Labute approximate surface area is 127 Å². The summed E-state index contributed by atoms with van der Waals surface area (Å²) in [5.74, 6) is 0.945. The molecule has 0 spiro atoms. The topological polar surface area (TPSA) is 29.3 Å². The molecule has 0 aromatic carbocycles. The van der Waals surface area contributed by atoms with Crippen LogP contribution in [0.3, 0.4) is 0 Å². The van der Waals surface area contributed by atoms with E-state index < -0.39 is 0 Å². The largest absolute Gasteiger partial charge is 0.329 e. The molecule has 0 aliphatic heterocycles. The summed E-state index contributed by atoms with van der Waals surface area (Å²) in [6.07, 6.45) is 9.23. The Morgan fingerprint density at radius 2 is 1.70 bits per heavy atom. The van der Waals surface area contributed by atoms with E-state index in [2.05, 4.69) is 39.5 Å². The zero-order valence-electron chi connectivity index (χ0n) is 14.7. The molecule has 0 aromatic rings. The SMILES string of the molecule is CCCN(CCC(C)(C)C)C1(CN)CCC(CC)CC1. The van der Waals surface area contributed by atoms with Crippen LogP contribution < -0.4 is 5.73 Å². The highest BCUT2D eigenvalue weighted by molar-refractivity contribution is 4.96. The Morgan fingerprint density at radius 3 is 2.10 bits per heavy atom. The molecule has 0 atom stereocenters. The van der Waals surface area contributed by atoms with Crippen LogP contribution in [0.1, 0.15) is 79.6 Å². The van der Waals surface area contributed by atoms with Gasteiger partial charge < -0.3 is 5.73 Å². The second kappa shape index (κ2) is 7.79. The molecule has 1 aliphatic rings. The molecule has 1 rings (SSSR count). The fourth-order valence-electron chi connectivity index (χ4n) is 3.60. The van der Waals surface area contributed by atoms with Crippen LogP contribution in [-0.2, 0) is 0 Å². The summed E-state index contributed by atoms with van der Waals surface area (Å²) in [4.78, 5) is 2.74. The van der Waals surface area contributed by atoms with Gasteiger partial charge in [-0.2, -0.15) is 0 Å². The third-order valence-corrected chi connectivity index (χ3v) is 5.29. The van der Waals surface area contributed by atoms with Crippen molar-refractivity contribution in [2.45, 2.75) is 85.1 Å². The van der Waals surface area contributed by atoms with Gasteiger partial charge in [0.1, 0.15) is 0 Å². The lowest BCUT2D eigenvalue weighted by atomic mass is 9.74. The molecule has 20 heavy (non-hydrogen) atoms. The van der Waals surface area contributed by atoms with Crippen molar-refractivity contribution in [3.05, 3.63) is 0 Å². The Morgan fingerprint density at radius 1 is 1.10 bits per heavy atom. The maximum Gasteiger partial charge on any atom is 0.0331 e. The summed E-state index contributed by atoms with van der Waals surface area (Å²) in [6.45, 7) is 14.9. The van der Waals surface area contributed by atoms with Crippen molar-refractivity contribution in [1.29, 1.82) is 0 Å². The molecule has 0 amide bonds. The second-order valence-corrected chi connectivity index (χ2v) is 8.08. The summed E-state index contributed by atoms with van der Waals surface area (Å²) >= 11 is 0. The summed E-state index contributed by atoms with van der Waals surface area (Å²) < 4.78 is 0. The van der Waals surface area contributed by atoms with Gasteiger partial charge >= 0.3 is 0 Å². The van der Waals surface area contributed by atoms with E-state index in [1.54, 1.807) is 0 Å². The fraction of sp³-hybridized carbons (Fsp3) is 1.00. The molecule has 0 saturated heterocycles. The zero-order chi connectivity index (χ0) is 15.2. The third-order valence-electron chi connectivity index (χ3n) is 5.29. The van der Waals surface area contributed by atoms with Gasteiger partial charge in [-0.15, -0.1) is 0 Å². The first-order chi connectivity index (χ1) is 9.37. The average molecular weight is 283 g/mol. The first-order valence-electron chi connectivity index (χ1n) is 8.82. The van der Waals surface area contributed by atoms with Crippen molar-refractivity contribution < 1.29 is 0 Å². The first-order valence-corrected chi connectivity index (χ1v) is 8.82. The van der Waals surface area contributed by atoms with Gasteiger partial charge in [0.25, 0.3) is 0 Å². The predicted octanol–water partition coefficient (Wildman–Crippen LogP) is 4.43. The van der Waals surface area contributed by atoms with Crippen LogP contribution in [0.5, 0.6) is 0 Å². The Bertz CT molecular complexity index is 259. The lowest BCUT2D eigenvalue weighted by molar-refractivity contribution is 0.0334. The van der Waals surface area contributed by atoms with E-state index in [1.165, 1.54) is 58.0 Å². The molecule has 2 N–H and O–H groups in total. The van der Waals surface area contributed by atoms with Crippen molar-refractivity contribution in [3.8, 4) is 0 Å². The molecular weight excluding hydrogens is 244 g/mol. The highest BCUT2D eigenvalue weighted by atomic mass is 15.2. The molecule has 0 heterocycles. The molecule has 0 aromatic heterocycles. The number of hydrogen-bond donors (Lipinski definition) is 1. The van der Waals surface area contributed by atoms with E-state index >= 15 is 0 Å². The minimum absolute atomic E-state index is 0.299. The maximum atomic E-state index is 6.25. The second-order valence-electron chi connectivity index (χ2n) is 8.08. The molecule has 120 valence electrons. The Balaban J connectivity index is 2.70. The van der Waals surface area contributed by atoms with Crippen LogP contribution in [-0.4, -0.2) is 30.1 Å². The monoisotopic (exact) mass is 282 g/mol. The third kappa shape index (κ3) is 5.04. The van der Waals surface area contributed by atoms with Crippen molar-refractivity contribution in [1.82, 2.24) is 4.90 Å². The summed E-state index contributed by atoms with van der Waals surface area (Å²) in [6, 6.07) is 0. The normalized spacial score (nSPS) is 28.1. The van der Waals surface area contributed by atoms with Crippen molar-refractivity contribution in [2.75, 3.05) is 19.6 Å². The van der Waals surface area contributed by atoms with Crippen molar-refractivity contribution in [3.63, 3.8) is 0 Å². The molecule has 0 radical (unpaired) electrons. The lowest BCUT2D eigenvalue weighted by Gasteiger charge is -2.48. The van der Waals surface area contributed by atoms with E-state index in [0.29, 0.717) is 11.0 Å². The van der Waals surface area contributed by atoms with Crippen LogP contribution in [0.2, 0.25) is 0 Å². The van der Waals surface area contributed by atoms with Crippen LogP contribution in [0, 0.1) is 11.3 Å². The Kier molecular flexibility index (Phi) is 7.00. The van der Waals surface area contributed by atoms with E-state index in [1.807, 2.05) is 0 Å². The van der Waals surface area contributed by atoms with Crippen LogP contribution in [0.25, 0.3) is 0 Å². The van der Waals surface area contributed by atoms with Gasteiger partial charge in [0.05, 0.1) is 0 Å². The summed E-state index contributed by atoms with van der Waals surface area (Å²) in [5, 5.41) is 0. The predicted molar refractivity (Wildman–Crippen MR) is 90.0 cm³/mol. The van der Waals surface area contributed by atoms with E-state index in [9.17, 15) is 0 Å². The molecule has 2 heteroatoms. The maximum absolute atomic E-state index is 6.25. The molecule has 0 bridgehead atoms. The van der Waals surface area contributed by atoms with Gasteiger partial charge in [-0.3, -0.25) is 4.90 Å². The van der Waals surface area contributed by atoms with Gasteiger partial charge in [-0.25, -0.2) is 0 Å². The molecule has 2 nitrogen and oxygen atoms in total. The van der Waals surface area contributed by atoms with Gasteiger partial charge in [0.15, 0.2) is 0 Å². The quantitative estimate of drug-likeness (QED) is 0.748. The van der Waals surface area contributed by atoms with Gasteiger partial charge in [0, 0.05) is 12.1 Å². The van der Waals surface area contributed by atoms with Crippen LogP contribution >= 0.6 is 0 Å². The van der Waals surface area contributed by atoms with Gasteiger partial charge in [0.2, 0.25) is 0 Å². The number of hydrogen-bond acceptors (Lipinski definition) is 2. The summed E-state index contributed by atoms with van der Waals surface area (Å²) in [5.41, 5.74) is 6.97. The van der Waals surface area contributed by atoms with Crippen molar-refractivity contribution in [2.24, 2.45) is 17.1 Å². The van der Waals surface area contributed by atoms with Crippen LogP contribution in [0.4, 0.5) is 0 Å². The standard InChI is InChI=1S/C18H38N2/c1-6-13-20(14-12-17(3,4)5)18(15-19)10-8-16(7-2)9-11-18/h16H,6-15,19H2,1-5H3. The van der Waals surface area contributed by atoms with E-state index in [4.69, 9.17) is 5.73 Å². The molecule has 1 saturated carbocycles. The number of nitrogens with zero attached hydrogens (tertiary/aromatic N) is 1. The molecule has 0 unspecified atom stereocenters. The molecule has 1 aliphatic carbocycles. The smallest absolute Gasteiger partial charge is 0.0331 e. The van der Waals surface area contributed by atoms with Crippen LogP contribution in [0.15, 0.2) is 0 Å². The zero-order valence-corrected chi connectivity index (χ0v) is 14.7. The highest BCUT2D eigenvalue weighted by Gasteiger charge is 2.38. The Hall–Kier alpha value is -0.0800. The molecular formula is C18H38N2. The lowest BCUT2D eigenvalue weighted by Crippen LogP contribution is -2.56. The summed E-state index contributed by atoms with van der Waals surface area (Å²) in [7, 11) is 0. The number of rotatable bonds is 7. The van der Waals surface area contributed by atoms with E-state index in [0.717, 1.165) is 12.5 Å². The highest BCUT2D eigenvalue weighted by Crippen LogP contribution is 2.38. The van der Waals surface area contributed by atoms with E-state index in [-0.39, 0.29) is 0 Å². The first kappa shape index (κ1) is 18.0. The minimum atomic E-state index is 0.299. The van der Waals surface area contributed by atoms with Gasteiger partial charge in [-0.05, 0) is 62.9 Å². The fourth-order valence-corrected chi connectivity index (χ4v) is 3.60. The average Bonchev–Trinajstić information content (AvgIpc) is 2.42. The van der Waals surface area contributed by atoms with Gasteiger partial charge in [-0.1, -0.05) is 41.0 Å². The minimum Gasteiger partial charge on any atom is -0.329 e. The van der Waals surface area contributed by atoms with Crippen molar-refractivity contribution >= 4 is 0 Å². The molecule has 1 fully saturated rings. The number of nitrogens with two attached hydrogens (primary N) is 1.